The van der Waals surface area contributed by atoms with E-state index in [2.05, 4.69) is 10.4 Å². The predicted octanol–water partition coefficient (Wildman–Crippen LogP) is 1.45. The zero-order valence-electron chi connectivity index (χ0n) is 12.8. The highest BCUT2D eigenvalue weighted by atomic mass is 16.2. The van der Waals surface area contributed by atoms with Crippen molar-refractivity contribution in [1.82, 2.24) is 15.1 Å². The molecule has 0 spiro atoms. The van der Waals surface area contributed by atoms with E-state index in [1.165, 1.54) is 0 Å². The highest BCUT2D eigenvalue weighted by Gasteiger charge is 2.39. The van der Waals surface area contributed by atoms with E-state index in [-0.39, 0.29) is 5.91 Å². The summed E-state index contributed by atoms with van der Waals surface area (Å²) in [5.74, 6) is -0.639. The first-order chi connectivity index (χ1) is 9.94. The summed E-state index contributed by atoms with van der Waals surface area (Å²) in [7, 11) is 0. The van der Waals surface area contributed by atoms with E-state index >= 15 is 0 Å². The topological polar surface area (TPSA) is 90.0 Å². The number of nitrogens with one attached hydrogen (secondary N) is 1. The molecule has 0 saturated heterocycles. The monoisotopic (exact) mass is 292 g/mol. The quantitative estimate of drug-likeness (QED) is 0.823. The number of hydrogen-bond acceptors (Lipinski definition) is 3. The van der Waals surface area contributed by atoms with Crippen LogP contribution in [0.25, 0.3) is 0 Å². The van der Waals surface area contributed by atoms with Gasteiger partial charge in [0.05, 0.1) is 6.20 Å². The van der Waals surface area contributed by atoms with E-state index in [1.807, 2.05) is 13.1 Å². The molecule has 0 unspecified atom stereocenters. The second-order valence-corrected chi connectivity index (χ2v) is 6.02. The molecule has 21 heavy (non-hydrogen) atoms. The van der Waals surface area contributed by atoms with Gasteiger partial charge in [-0.15, -0.1) is 0 Å². The third-order valence-electron chi connectivity index (χ3n) is 4.30. The number of nitrogens with zero attached hydrogens (tertiary/aromatic N) is 2. The van der Waals surface area contributed by atoms with Crippen molar-refractivity contribution in [3.63, 3.8) is 0 Å². The molecule has 0 aliphatic heterocycles. The highest BCUT2D eigenvalue weighted by molar-refractivity contribution is 5.91. The molecule has 1 saturated carbocycles. The van der Waals surface area contributed by atoms with Gasteiger partial charge in [-0.3, -0.25) is 14.3 Å². The summed E-state index contributed by atoms with van der Waals surface area (Å²) >= 11 is 0. The summed E-state index contributed by atoms with van der Waals surface area (Å²) in [4.78, 5) is 24.4. The summed E-state index contributed by atoms with van der Waals surface area (Å²) in [6.07, 6.45) is 8.76. The maximum Gasteiger partial charge on any atom is 0.245 e. The average Bonchev–Trinajstić information content (AvgIpc) is 2.72. The van der Waals surface area contributed by atoms with Crippen LogP contribution in [0.3, 0.4) is 0 Å². The van der Waals surface area contributed by atoms with Crippen LogP contribution in [0.15, 0.2) is 12.4 Å². The van der Waals surface area contributed by atoms with Crippen molar-refractivity contribution in [2.24, 2.45) is 5.73 Å². The molecule has 1 fully saturated rings. The lowest BCUT2D eigenvalue weighted by Gasteiger charge is -2.31. The molecule has 2 rings (SSSR count). The van der Waals surface area contributed by atoms with Crippen molar-refractivity contribution in [3.8, 4) is 0 Å². The van der Waals surface area contributed by atoms with Gasteiger partial charge < -0.3 is 11.1 Å². The first kappa shape index (κ1) is 15.5. The molecule has 0 bridgehead atoms. The Balaban J connectivity index is 2.12. The number of nitrogens with two attached hydrogens (primary N) is 1. The summed E-state index contributed by atoms with van der Waals surface area (Å²) in [5, 5.41) is 7.06. The van der Waals surface area contributed by atoms with E-state index in [9.17, 15) is 9.59 Å². The molecule has 3 N–H and O–H groups in total. The Labute approximate surface area is 125 Å². The predicted molar refractivity (Wildman–Crippen MR) is 79.4 cm³/mol. The van der Waals surface area contributed by atoms with Crippen LogP contribution in [0.5, 0.6) is 0 Å². The van der Waals surface area contributed by atoms with E-state index < -0.39 is 17.5 Å². The Kier molecular flexibility index (Phi) is 4.65. The third kappa shape index (κ3) is 3.43. The Morgan fingerprint density at radius 1 is 1.33 bits per heavy atom. The standard InChI is InChI=1S/C15H24N4O2/c1-11-9-17-19(10-11)12(2)13(20)18-15(14(16)21)7-5-3-4-6-8-15/h9-10,12H,3-8H2,1-2H3,(H2,16,21)(H,18,20)/t12-/m0/s1. The van der Waals surface area contributed by atoms with Gasteiger partial charge in [0.15, 0.2) is 0 Å². The Hall–Kier alpha value is -1.85. The van der Waals surface area contributed by atoms with Gasteiger partial charge in [-0.1, -0.05) is 25.7 Å². The van der Waals surface area contributed by atoms with Gasteiger partial charge in [-0.05, 0) is 32.3 Å². The molecule has 0 aromatic carbocycles. The van der Waals surface area contributed by atoms with Crippen LogP contribution in [0, 0.1) is 6.92 Å². The van der Waals surface area contributed by atoms with Crippen LogP contribution in [0.1, 0.15) is 57.1 Å². The summed E-state index contributed by atoms with van der Waals surface area (Å²) in [6, 6.07) is -0.460. The normalized spacial score (nSPS) is 19.5. The van der Waals surface area contributed by atoms with E-state index in [4.69, 9.17) is 5.73 Å². The van der Waals surface area contributed by atoms with E-state index in [1.54, 1.807) is 17.8 Å². The minimum absolute atomic E-state index is 0.209. The van der Waals surface area contributed by atoms with Crippen LogP contribution in [-0.2, 0) is 9.59 Å². The first-order valence-corrected chi connectivity index (χ1v) is 7.57. The SMILES string of the molecule is Cc1cnn([C@@H](C)C(=O)NC2(C(N)=O)CCCCCC2)c1. The van der Waals surface area contributed by atoms with Crippen LogP contribution in [0.2, 0.25) is 0 Å². The van der Waals surface area contributed by atoms with Crippen molar-refractivity contribution in [1.29, 1.82) is 0 Å². The van der Waals surface area contributed by atoms with Crippen molar-refractivity contribution < 1.29 is 9.59 Å². The Morgan fingerprint density at radius 3 is 2.43 bits per heavy atom. The molecule has 6 heteroatoms. The van der Waals surface area contributed by atoms with Gasteiger partial charge >= 0.3 is 0 Å². The third-order valence-corrected chi connectivity index (χ3v) is 4.30. The van der Waals surface area contributed by atoms with Crippen molar-refractivity contribution in [2.45, 2.75) is 64.0 Å². The molecule has 1 aliphatic carbocycles. The molecule has 1 aromatic rings. The largest absolute Gasteiger partial charge is 0.368 e. The van der Waals surface area contributed by atoms with Crippen LogP contribution < -0.4 is 11.1 Å². The molecule has 1 heterocycles. The fourth-order valence-electron chi connectivity index (χ4n) is 2.87. The molecular formula is C15H24N4O2. The summed E-state index contributed by atoms with van der Waals surface area (Å²) in [6.45, 7) is 3.69. The van der Waals surface area contributed by atoms with Gasteiger partial charge in [0.1, 0.15) is 11.6 Å². The number of hydrogen-bond donors (Lipinski definition) is 2. The van der Waals surface area contributed by atoms with E-state index in [0.717, 1.165) is 31.2 Å². The summed E-state index contributed by atoms with van der Waals surface area (Å²) < 4.78 is 1.61. The Bertz CT molecular complexity index is 515. The lowest BCUT2D eigenvalue weighted by atomic mass is 9.89. The number of rotatable bonds is 4. The smallest absolute Gasteiger partial charge is 0.245 e. The molecule has 116 valence electrons. The Morgan fingerprint density at radius 2 is 1.95 bits per heavy atom. The maximum absolute atomic E-state index is 12.5. The van der Waals surface area contributed by atoms with Crippen LogP contribution in [0.4, 0.5) is 0 Å². The minimum atomic E-state index is -0.899. The van der Waals surface area contributed by atoms with Crippen LogP contribution >= 0.6 is 0 Å². The average molecular weight is 292 g/mol. The van der Waals surface area contributed by atoms with Gasteiger partial charge in [0.25, 0.3) is 0 Å². The number of amides is 2. The number of aromatic nitrogens is 2. The molecular weight excluding hydrogens is 268 g/mol. The van der Waals surface area contributed by atoms with Gasteiger partial charge in [0.2, 0.25) is 11.8 Å². The number of carbonyl (C=O) groups excluding carboxylic acids is 2. The lowest BCUT2D eigenvalue weighted by Crippen LogP contribution is -2.58. The van der Waals surface area contributed by atoms with Gasteiger partial charge in [0, 0.05) is 6.20 Å². The second-order valence-electron chi connectivity index (χ2n) is 6.02. The van der Waals surface area contributed by atoms with E-state index in [0.29, 0.717) is 12.8 Å². The molecule has 0 radical (unpaired) electrons. The fourth-order valence-corrected chi connectivity index (χ4v) is 2.87. The lowest BCUT2D eigenvalue weighted by molar-refractivity contribution is -0.133. The number of aryl methyl sites for hydroxylation is 1. The molecule has 1 aliphatic rings. The van der Waals surface area contributed by atoms with Crippen molar-refractivity contribution >= 4 is 11.8 Å². The number of primary amides is 1. The minimum Gasteiger partial charge on any atom is -0.368 e. The zero-order chi connectivity index (χ0) is 15.5. The van der Waals surface area contributed by atoms with Gasteiger partial charge in [-0.2, -0.15) is 5.10 Å². The highest BCUT2D eigenvalue weighted by Crippen LogP contribution is 2.27. The summed E-state index contributed by atoms with van der Waals surface area (Å²) in [5.41, 5.74) is 5.68. The van der Waals surface area contributed by atoms with Crippen molar-refractivity contribution in [3.05, 3.63) is 18.0 Å². The van der Waals surface area contributed by atoms with Gasteiger partial charge in [-0.25, -0.2) is 0 Å². The van der Waals surface area contributed by atoms with Crippen LogP contribution in [-0.4, -0.2) is 27.1 Å². The molecule has 1 atom stereocenters. The maximum atomic E-state index is 12.5. The van der Waals surface area contributed by atoms with Crippen molar-refractivity contribution in [2.75, 3.05) is 0 Å². The fraction of sp³-hybridized carbons (Fsp3) is 0.667. The first-order valence-electron chi connectivity index (χ1n) is 7.57. The number of carbonyl (C=O) groups is 2. The molecule has 1 aromatic heterocycles. The molecule has 6 nitrogen and oxygen atoms in total. The second kappa shape index (κ2) is 6.28. The zero-order valence-corrected chi connectivity index (χ0v) is 12.8. The molecule has 2 amide bonds.